The summed E-state index contributed by atoms with van der Waals surface area (Å²) < 4.78 is 18.2. The highest BCUT2D eigenvalue weighted by Gasteiger charge is 2.07. The first-order chi connectivity index (χ1) is 6.79. The van der Waals surface area contributed by atoms with Crippen molar-refractivity contribution in [3.05, 3.63) is 42.2 Å². The molecule has 0 fully saturated rings. The molecule has 1 rings (SSSR count). The number of hydrogen-bond acceptors (Lipinski definition) is 2. The van der Waals surface area contributed by atoms with Crippen molar-refractivity contribution >= 4 is 6.29 Å². The van der Waals surface area contributed by atoms with E-state index in [0.717, 1.165) is 0 Å². The Kier molecular flexibility index (Phi) is 3.85. The van der Waals surface area contributed by atoms with Gasteiger partial charge in [-0.25, -0.2) is 4.39 Å². The van der Waals surface area contributed by atoms with E-state index in [1.807, 2.05) is 0 Å². The molecule has 0 spiro atoms. The van der Waals surface area contributed by atoms with Crippen LogP contribution in [0.1, 0.15) is 16.8 Å². The highest BCUT2D eigenvalue weighted by Crippen LogP contribution is 2.19. The summed E-state index contributed by atoms with van der Waals surface area (Å²) >= 11 is 0. The first kappa shape index (κ1) is 10.4. The van der Waals surface area contributed by atoms with Gasteiger partial charge in [0.1, 0.15) is 11.6 Å². The molecule has 2 nitrogen and oxygen atoms in total. The summed E-state index contributed by atoms with van der Waals surface area (Å²) in [6.45, 7) is 3.93. The SMILES string of the molecule is C=CCCOc1cccc(F)c1C=O. The summed E-state index contributed by atoms with van der Waals surface area (Å²) in [5, 5.41) is 0. The van der Waals surface area contributed by atoms with Gasteiger partial charge >= 0.3 is 0 Å². The van der Waals surface area contributed by atoms with Gasteiger partial charge in [0.05, 0.1) is 12.2 Å². The molecule has 0 N–H and O–H groups in total. The first-order valence-electron chi connectivity index (χ1n) is 4.27. The quantitative estimate of drug-likeness (QED) is 0.409. The molecule has 0 aliphatic carbocycles. The van der Waals surface area contributed by atoms with E-state index in [9.17, 15) is 9.18 Å². The largest absolute Gasteiger partial charge is 0.492 e. The van der Waals surface area contributed by atoms with E-state index in [-0.39, 0.29) is 11.3 Å². The molecule has 74 valence electrons. The number of rotatable bonds is 5. The van der Waals surface area contributed by atoms with Gasteiger partial charge < -0.3 is 4.74 Å². The van der Waals surface area contributed by atoms with Gasteiger partial charge in [0.15, 0.2) is 6.29 Å². The molecule has 0 bridgehead atoms. The average molecular weight is 194 g/mol. The van der Waals surface area contributed by atoms with Crippen LogP contribution in [0.4, 0.5) is 4.39 Å². The number of carbonyl (C=O) groups is 1. The predicted molar refractivity (Wildman–Crippen MR) is 52.1 cm³/mol. The molecule has 14 heavy (non-hydrogen) atoms. The zero-order valence-electron chi connectivity index (χ0n) is 7.70. The van der Waals surface area contributed by atoms with Crippen molar-refractivity contribution in [3.8, 4) is 5.75 Å². The molecule has 0 aromatic heterocycles. The van der Waals surface area contributed by atoms with E-state index in [1.54, 1.807) is 12.1 Å². The topological polar surface area (TPSA) is 26.3 Å². The highest BCUT2D eigenvalue weighted by molar-refractivity contribution is 5.79. The molecule has 1 aromatic carbocycles. The van der Waals surface area contributed by atoms with Crippen LogP contribution in [0.25, 0.3) is 0 Å². The third kappa shape index (κ3) is 2.42. The molecule has 0 aliphatic heterocycles. The van der Waals surface area contributed by atoms with Crippen molar-refractivity contribution < 1.29 is 13.9 Å². The number of ether oxygens (including phenoxy) is 1. The Morgan fingerprint density at radius 2 is 2.29 bits per heavy atom. The fourth-order valence-corrected chi connectivity index (χ4v) is 1.01. The predicted octanol–water partition coefficient (Wildman–Crippen LogP) is 2.59. The molecule has 0 unspecified atom stereocenters. The molecule has 0 heterocycles. The van der Waals surface area contributed by atoms with E-state index in [1.165, 1.54) is 12.1 Å². The number of hydrogen-bond donors (Lipinski definition) is 0. The van der Waals surface area contributed by atoms with Crippen LogP contribution in [-0.2, 0) is 0 Å². The average Bonchev–Trinajstić information content (AvgIpc) is 2.18. The van der Waals surface area contributed by atoms with Crippen LogP contribution in [-0.4, -0.2) is 12.9 Å². The Balaban J connectivity index is 2.79. The van der Waals surface area contributed by atoms with Gasteiger partial charge in [-0.1, -0.05) is 12.1 Å². The normalized spacial score (nSPS) is 9.50. The maximum Gasteiger partial charge on any atom is 0.156 e. The Morgan fingerprint density at radius 3 is 2.93 bits per heavy atom. The molecule has 1 aromatic rings. The molecule has 0 radical (unpaired) electrons. The van der Waals surface area contributed by atoms with Crippen molar-refractivity contribution in [2.45, 2.75) is 6.42 Å². The minimum absolute atomic E-state index is 0.0310. The lowest BCUT2D eigenvalue weighted by Gasteiger charge is -2.06. The van der Waals surface area contributed by atoms with Crippen molar-refractivity contribution in [1.82, 2.24) is 0 Å². The molecule has 0 amide bonds. The van der Waals surface area contributed by atoms with E-state index in [2.05, 4.69) is 6.58 Å². The smallest absolute Gasteiger partial charge is 0.156 e. The zero-order valence-corrected chi connectivity index (χ0v) is 7.70. The van der Waals surface area contributed by atoms with Crippen LogP contribution in [0.3, 0.4) is 0 Å². The van der Waals surface area contributed by atoms with E-state index in [4.69, 9.17) is 4.74 Å². The second kappa shape index (κ2) is 5.17. The Labute approximate surface area is 82.0 Å². The summed E-state index contributed by atoms with van der Waals surface area (Å²) in [5.41, 5.74) is -0.0310. The van der Waals surface area contributed by atoms with E-state index >= 15 is 0 Å². The third-order valence-electron chi connectivity index (χ3n) is 1.71. The fourth-order valence-electron chi connectivity index (χ4n) is 1.01. The summed E-state index contributed by atoms with van der Waals surface area (Å²) in [7, 11) is 0. The molecule has 0 atom stereocenters. The standard InChI is InChI=1S/C11H11FO2/c1-2-3-7-14-11-6-4-5-10(12)9(11)8-13/h2,4-6,8H,1,3,7H2. The summed E-state index contributed by atoms with van der Waals surface area (Å²) in [5.74, 6) is -0.280. The van der Waals surface area contributed by atoms with Crippen molar-refractivity contribution in [2.75, 3.05) is 6.61 Å². The van der Waals surface area contributed by atoms with Gasteiger partial charge in [0.25, 0.3) is 0 Å². The van der Waals surface area contributed by atoms with E-state index < -0.39 is 5.82 Å². The second-order valence-corrected chi connectivity index (χ2v) is 2.70. The van der Waals surface area contributed by atoms with Crippen molar-refractivity contribution in [2.24, 2.45) is 0 Å². The Hall–Kier alpha value is -1.64. The summed E-state index contributed by atoms with van der Waals surface area (Å²) in [4.78, 5) is 10.5. The number of aldehydes is 1. The highest BCUT2D eigenvalue weighted by atomic mass is 19.1. The monoisotopic (exact) mass is 194 g/mol. The first-order valence-corrected chi connectivity index (χ1v) is 4.27. The molecule has 0 aliphatic rings. The number of benzene rings is 1. The molecule has 3 heteroatoms. The lowest BCUT2D eigenvalue weighted by molar-refractivity contribution is 0.111. The maximum atomic E-state index is 13.0. The van der Waals surface area contributed by atoms with Crippen LogP contribution in [0.2, 0.25) is 0 Å². The van der Waals surface area contributed by atoms with Gasteiger partial charge in [-0.05, 0) is 18.6 Å². The summed E-state index contributed by atoms with van der Waals surface area (Å²) in [6.07, 6.45) is 2.81. The fraction of sp³-hybridized carbons (Fsp3) is 0.182. The third-order valence-corrected chi connectivity index (χ3v) is 1.71. The Morgan fingerprint density at radius 1 is 1.50 bits per heavy atom. The van der Waals surface area contributed by atoms with Gasteiger partial charge in [-0.2, -0.15) is 0 Å². The molecule has 0 saturated carbocycles. The van der Waals surface area contributed by atoms with Crippen molar-refractivity contribution in [1.29, 1.82) is 0 Å². The van der Waals surface area contributed by atoms with Gasteiger partial charge in [-0.15, -0.1) is 6.58 Å². The zero-order chi connectivity index (χ0) is 10.4. The number of carbonyl (C=O) groups excluding carboxylic acids is 1. The van der Waals surface area contributed by atoms with Gasteiger partial charge in [-0.3, -0.25) is 4.79 Å². The molecular formula is C11H11FO2. The lowest BCUT2D eigenvalue weighted by Crippen LogP contribution is -2.00. The van der Waals surface area contributed by atoms with E-state index in [0.29, 0.717) is 19.3 Å². The maximum absolute atomic E-state index is 13.0. The summed E-state index contributed by atoms with van der Waals surface area (Å²) in [6, 6.07) is 4.30. The van der Waals surface area contributed by atoms with Crippen LogP contribution < -0.4 is 4.74 Å². The minimum atomic E-state index is -0.559. The van der Waals surface area contributed by atoms with Gasteiger partial charge in [0.2, 0.25) is 0 Å². The van der Waals surface area contributed by atoms with Gasteiger partial charge in [0, 0.05) is 0 Å². The van der Waals surface area contributed by atoms with Crippen LogP contribution in [0.15, 0.2) is 30.9 Å². The van der Waals surface area contributed by atoms with Crippen LogP contribution >= 0.6 is 0 Å². The molecule has 0 saturated heterocycles. The van der Waals surface area contributed by atoms with Crippen LogP contribution in [0, 0.1) is 5.82 Å². The Bertz CT molecular complexity index is 334. The minimum Gasteiger partial charge on any atom is -0.492 e. The van der Waals surface area contributed by atoms with Crippen LogP contribution in [0.5, 0.6) is 5.75 Å². The molecular weight excluding hydrogens is 183 g/mol. The second-order valence-electron chi connectivity index (χ2n) is 2.70. The van der Waals surface area contributed by atoms with Crippen molar-refractivity contribution in [3.63, 3.8) is 0 Å². The number of halogens is 1. The lowest BCUT2D eigenvalue weighted by atomic mass is 10.2.